The van der Waals surface area contributed by atoms with Crippen molar-refractivity contribution in [2.45, 2.75) is 37.3 Å². The Hall–Kier alpha value is -1.96. The van der Waals surface area contributed by atoms with Crippen LogP contribution in [0.1, 0.15) is 5.56 Å². The van der Waals surface area contributed by atoms with Crippen molar-refractivity contribution in [2.75, 3.05) is 27.9 Å². The first-order valence-electron chi connectivity index (χ1n) is 8.58. The second-order valence-corrected chi connectivity index (χ2v) is 7.10. The van der Waals surface area contributed by atoms with Gasteiger partial charge in [-0.3, -0.25) is 10.1 Å². The summed E-state index contributed by atoms with van der Waals surface area (Å²) in [5.74, 6) is 0.361. The van der Waals surface area contributed by atoms with Crippen molar-refractivity contribution < 1.29 is 52.8 Å². The molecule has 0 bridgehead atoms. The largest absolute Gasteiger partial charge is 0.697 e. The van der Waals surface area contributed by atoms with E-state index in [1.807, 2.05) is 0 Å². The number of benzene rings is 1. The predicted octanol–water partition coefficient (Wildman–Crippen LogP) is 0.257. The van der Waals surface area contributed by atoms with Gasteiger partial charge < -0.3 is 34.3 Å². The van der Waals surface area contributed by atoms with Gasteiger partial charge in [-0.15, -0.1) is 9.05 Å². The van der Waals surface area contributed by atoms with Crippen LogP contribution >= 0.6 is 8.25 Å². The second kappa shape index (κ2) is 10.9. The first kappa shape index (κ1) is 24.3. The summed E-state index contributed by atoms with van der Waals surface area (Å²) >= 11 is 0. The standard InChI is InChI=1S/C16H23NO12P/c1-24-10-4-8(9(17(21)22)5-11(10)25-2)6-27-30(23)28-7-12-13(18)14(19)15(20)16(26-3)29-12/h4-5,12-16,18-20H,6-7H2,1-3H3/q+1/t12-,13-,14+,15-,16+/m1/s1. The number of hydrogen-bond acceptors (Lipinski definition) is 12. The van der Waals surface area contributed by atoms with Crippen LogP contribution in [0.2, 0.25) is 0 Å². The molecule has 0 spiro atoms. The van der Waals surface area contributed by atoms with E-state index < -0.39 is 57.1 Å². The van der Waals surface area contributed by atoms with Crippen LogP contribution in [0.25, 0.3) is 0 Å². The summed E-state index contributed by atoms with van der Waals surface area (Å²) in [6.45, 7) is -0.907. The number of nitro benzene ring substituents is 1. The number of nitro groups is 1. The van der Waals surface area contributed by atoms with Crippen LogP contribution in [0.4, 0.5) is 5.69 Å². The maximum Gasteiger partial charge on any atom is 0.697 e. The number of methoxy groups -OCH3 is 3. The van der Waals surface area contributed by atoms with Gasteiger partial charge in [0.1, 0.15) is 37.6 Å². The van der Waals surface area contributed by atoms with Crippen molar-refractivity contribution >= 4 is 13.9 Å². The summed E-state index contributed by atoms with van der Waals surface area (Å²) in [4.78, 5) is 10.6. The Labute approximate surface area is 172 Å². The third-order valence-electron chi connectivity index (χ3n) is 4.35. The molecule has 0 aromatic heterocycles. The second-order valence-electron chi connectivity index (χ2n) is 6.14. The van der Waals surface area contributed by atoms with Crippen LogP contribution in [0.5, 0.6) is 11.5 Å². The molecular formula is C16H23NO12P+. The molecule has 0 radical (unpaired) electrons. The molecule has 0 aliphatic carbocycles. The highest BCUT2D eigenvalue weighted by molar-refractivity contribution is 7.33. The number of rotatable bonds is 10. The van der Waals surface area contributed by atoms with Crippen LogP contribution in [-0.4, -0.2) is 78.9 Å². The number of aliphatic hydroxyl groups excluding tert-OH is 3. The van der Waals surface area contributed by atoms with Gasteiger partial charge in [-0.2, -0.15) is 0 Å². The van der Waals surface area contributed by atoms with E-state index in [1.54, 1.807) is 0 Å². The minimum Gasteiger partial charge on any atom is -0.493 e. The quantitative estimate of drug-likeness (QED) is 0.251. The lowest BCUT2D eigenvalue weighted by Crippen LogP contribution is -2.59. The Morgan fingerprint density at radius 3 is 2.27 bits per heavy atom. The summed E-state index contributed by atoms with van der Waals surface area (Å²) in [6, 6.07) is 2.46. The topological polar surface area (TPSA) is 176 Å². The van der Waals surface area contributed by atoms with Gasteiger partial charge in [-0.05, 0) is 6.07 Å². The van der Waals surface area contributed by atoms with Crippen molar-refractivity contribution in [3.05, 3.63) is 27.8 Å². The maximum absolute atomic E-state index is 12.0. The van der Waals surface area contributed by atoms with Crippen molar-refractivity contribution in [2.24, 2.45) is 0 Å². The minimum absolute atomic E-state index is 0.0662. The summed E-state index contributed by atoms with van der Waals surface area (Å²) in [5.41, 5.74) is -0.265. The molecule has 3 N–H and O–H groups in total. The fraction of sp³-hybridized carbons (Fsp3) is 0.625. The zero-order chi connectivity index (χ0) is 22.4. The number of aliphatic hydroxyl groups is 3. The first-order chi connectivity index (χ1) is 14.2. The van der Waals surface area contributed by atoms with Gasteiger partial charge in [0.15, 0.2) is 17.8 Å². The number of nitrogens with zero attached hydrogens (tertiary/aromatic N) is 1. The molecule has 0 amide bonds. The Morgan fingerprint density at radius 1 is 1.07 bits per heavy atom. The van der Waals surface area contributed by atoms with Gasteiger partial charge in [-0.25, -0.2) is 0 Å². The normalized spacial score (nSPS) is 26.9. The van der Waals surface area contributed by atoms with E-state index >= 15 is 0 Å². The molecule has 1 aliphatic heterocycles. The monoisotopic (exact) mass is 452 g/mol. The summed E-state index contributed by atoms with van der Waals surface area (Å²) in [7, 11) is 1.14. The van der Waals surface area contributed by atoms with Gasteiger partial charge in [0, 0.05) is 11.7 Å². The highest BCUT2D eigenvalue weighted by Crippen LogP contribution is 2.37. The number of hydrogen-bond donors (Lipinski definition) is 3. The summed E-state index contributed by atoms with van der Waals surface area (Å²) in [5, 5.41) is 40.7. The molecule has 1 heterocycles. The summed E-state index contributed by atoms with van der Waals surface area (Å²) < 4.78 is 42.2. The van der Waals surface area contributed by atoms with E-state index in [0.29, 0.717) is 0 Å². The van der Waals surface area contributed by atoms with E-state index in [-0.39, 0.29) is 22.7 Å². The number of ether oxygens (including phenoxy) is 4. The summed E-state index contributed by atoms with van der Waals surface area (Å²) in [6.07, 6.45) is -6.94. The van der Waals surface area contributed by atoms with Crippen molar-refractivity contribution in [3.8, 4) is 11.5 Å². The van der Waals surface area contributed by atoms with E-state index in [0.717, 1.165) is 6.07 Å². The van der Waals surface area contributed by atoms with Crippen LogP contribution in [0.3, 0.4) is 0 Å². The molecular weight excluding hydrogens is 429 g/mol. The highest BCUT2D eigenvalue weighted by Gasteiger charge is 2.45. The van der Waals surface area contributed by atoms with Crippen molar-refractivity contribution in [1.82, 2.24) is 0 Å². The van der Waals surface area contributed by atoms with E-state index in [4.69, 9.17) is 28.0 Å². The molecule has 14 heteroatoms. The molecule has 1 aromatic rings. The van der Waals surface area contributed by atoms with Crippen LogP contribution < -0.4 is 9.47 Å². The van der Waals surface area contributed by atoms with E-state index in [1.165, 1.54) is 27.4 Å². The molecule has 6 atom stereocenters. The fourth-order valence-electron chi connectivity index (χ4n) is 2.74. The zero-order valence-corrected chi connectivity index (χ0v) is 17.3. The maximum atomic E-state index is 12.0. The minimum atomic E-state index is -2.77. The Balaban J connectivity index is 1.98. The van der Waals surface area contributed by atoms with Gasteiger partial charge in [0.25, 0.3) is 5.69 Å². The lowest BCUT2D eigenvalue weighted by Gasteiger charge is -2.38. The van der Waals surface area contributed by atoms with Crippen LogP contribution in [0.15, 0.2) is 12.1 Å². The molecule has 0 saturated carbocycles. The average Bonchev–Trinajstić information content (AvgIpc) is 2.74. The zero-order valence-electron chi connectivity index (χ0n) is 16.4. The Bertz CT molecular complexity index is 760. The molecule has 2 rings (SSSR count). The lowest BCUT2D eigenvalue weighted by atomic mass is 9.99. The molecule has 13 nitrogen and oxygen atoms in total. The third kappa shape index (κ3) is 5.59. The first-order valence-corrected chi connectivity index (χ1v) is 9.67. The van der Waals surface area contributed by atoms with Gasteiger partial charge in [-0.1, -0.05) is 0 Å². The third-order valence-corrected chi connectivity index (χ3v) is 5.05. The van der Waals surface area contributed by atoms with E-state index in [9.17, 15) is 30.0 Å². The lowest BCUT2D eigenvalue weighted by molar-refractivity contribution is -0.385. The van der Waals surface area contributed by atoms with Crippen molar-refractivity contribution in [3.63, 3.8) is 0 Å². The van der Waals surface area contributed by atoms with Gasteiger partial charge >= 0.3 is 8.25 Å². The fourth-order valence-corrected chi connectivity index (χ4v) is 3.33. The van der Waals surface area contributed by atoms with Crippen LogP contribution in [0, 0.1) is 10.1 Å². The smallest absolute Gasteiger partial charge is 0.493 e. The van der Waals surface area contributed by atoms with E-state index in [2.05, 4.69) is 0 Å². The van der Waals surface area contributed by atoms with Gasteiger partial charge in [0.2, 0.25) is 0 Å². The SMILES string of the molecule is COc1cc(CO[P+](=O)OC[C@H]2O[C@H](OC)[C@H](O)[C@@H](O)[C@@H]2O)c([N+](=O)[O-])cc1OC. The molecule has 1 saturated heterocycles. The Morgan fingerprint density at radius 2 is 1.70 bits per heavy atom. The molecule has 30 heavy (non-hydrogen) atoms. The predicted molar refractivity (Wildman–Crippen MR) is 98.2 cm³/mol. The molecule has 168 valence electrons. The molecule has 1 unspecified atom stereocenters. The highest BCUT2D eigenvalue weighted by atomic mass is 31.1. The van der Waals surface area contributed by atoms with Gasteiger partial charge in [0.05, 0.1) is 30.8 Å². The average molecular weight is 452 g/mol. The molecule has 1 aliphatic rings. The molecule has 1 fully saturated rings. The van der Waals surface area contributed by atoms with Crippen molar-refractivity contribution in [1.29, 1.82) is 0 Å². The molecule has 1 aromatic carbocycles. The van der Waals surface area contributed by atoms with Crippen LogP contribution in [-0.2, 0) is 29.7 Å². The Kier molecular flexibility index (Phi) is 8.82.